The summed E-state index contributed by atoms with van der Waals surface area (Å²) in [6.07, 6.45) is 0. The van der Waals surface area contributed by atoms with E-state index in [1.807, 2.05) is 30.3 Å². The Morgan fingerprint density at radius 1 is 1.00 bits per heavy atom. The summed E-state index contributed by atoms with van der Waals surface area (Å²) in [6.45, 7) is 0. The van der Waals surface area contributed by atoms with Crippen LogP contribution in [0.25, 0.3) is 0 Å². The van der Waals surface area contributed by atoms with E-state index < -0.39 is 6.04 Å². The fourth-order valence-electron chi connectivity index (χ4n) is 1.97. The SMILES string of the molecule is CN(C)C(=O)[C@@H](Nc1c(Cl)cccc1Cl)c1ccccc1. The molecule has 1 atom stereocenters. The molecule has 0 aliphatic rings. The van der Waals surface area contributed by atoms with Crippen LogP contribution in [0.3, 0.4) is 0 Å². The lowest BCUT2D eigenvalue weighted by atomic mass is 10.1. The molecule has 1 amide bonds. The summed E-state index contributed by atoms with van der Waals surface area (Å²) >= 11 is 12.3. The molecule has 0 saturated heterocycles. The average Bonchev–Trinajstić information content (AvgIpc) is 2.47. The lowest BCUT2D eigenvalue weighted by Gasteiger charge is -2.24. The highest BCUT2D eigenvalue weighted by Crippen LogP contribution is 2.33. The Morgan fingerprint density at radius 2 is 1.57 bits per heavy atom. The maximum Gasteiger partial charge on any atom is 0.249 e. The van der Waals surface area contributed by atoms with Crippen molar-refractivity contribution in [2.45, 2.75) is 6.04 Å². The number of amides is 1. The predicted octanol–water partition coefficient (Wildman–Crippen LogP) is 4.23. The number of anilines is 1. The van der Waals surface area contributed by atoms with Gasteiger partial charge < -0.3 is 10.2 Å². The van der Waals surface area contributed by atoms with Gasteiger partial charge in [-0.1, -0.05) is 59.6 Å². The van der Waals surface area contributed by atoms with Crippen LogP contribution in [0.2, 0.25) is 10.0 Å². The number of nitrogens with zero attached hydrogens (tertiary/aromatic N) is 1. The van der Waals surface area contributed by atoms with Crippen LogP contribution in [0.5, 0.6) is 0 Å². The quantitative estimate of drug-likeness (QED) is 0.913. The number of carbonyl (C=O) groups is 1. The summed E-state index contributed by atoms with van der Waals surface area (Å²) in [6, 6.07) is 14.2. The summed E-state index contributed by atoms with van der Waals surface area (Å²) in [5, 5.41) is 4.12. The van der Waals surface area contributed by atoms with Crippen molar-refractivity contribution in [3.05, 3.63) is 64.1 Å². The molecule has 0 aromatic heterocycles. The van der Waals surface area contributed by atoms with Crippen molar-refractivity contribution in [3.63, 3.8) is 0 Å². The molecule has 21 heavy (non-hydrogen) atoms. The Kier molecular flexibility index (Phi) is 5.10. The molecule has 2 aromatic rings. The number of benzene rings is 2. The van der Waals surface area contributed by atoms with E-state index >= 15 is 0 Å². The Bertz CT molecular complexity index is 609. The standard InChI is InChI=1S/C16H16Cl2N2O/c1-20(2)16(21)14(11-7-4-3-5-8-11)19-15-12(17)9-6-10-13(15)18/h3-10,14,19H,1-2H3/t14-/m0/s1. The number of nitrogens with one attached hydrogen (secondary N) is 1. The monoisotopic (exact) mass is 322 g/mol. The Morgan fingerprint density at radius 3 is 2.10 bits per heavy atom. The van der Waals surface area contributed by atoms with Gasteiger partial charge in [-0.3, -0.25) is 4.79 Å². The lowest BCUT2D eigenvalue weighted by Crippen LogP contribution is -2.32. The number of para-hydroxylation sites is 1. The minimum Gasteiger partial charge on any atom is -0.368 e. The minimum absolute atomic E-state index is 0.0720. The summed E-state index contributed by atoms with van der Waals surface area (Å²) in [5.74, 6) is -0.0720. The average molecular weight is 323 g/mol. The number of halogens is 2. The molecule has 3 nitrogen and oxygen atoms in total. The van der Waals surface area contributed by atoms with Gasteiger partial charge in [0, 0.05) is 14.1 Å². The molecule has 0 aliphatic carbocycles. The number of likely N-dealkylation sites (N-methyl/N-ethyl adjacent to an activating group) is 1. The zero-order chi connectivity index (χ0) is 15.4. The topological polar surface area (TPSA) is 32.3 Å². The van der Waals surface area contributed by atoms with E-state index in [1.165, 1.54) is 4.90 Å². The molecule has 0 spiro atoms. The Balaban J connectivity index is 2.40. The lowest BCUT2D eigenvalue weighted by molar-refractivity contribution is -0.129. The van der Waals surface area contributed by atoms with Gasteiger partial charge in [0.2, 0.25) is 5.91 Å². The molecule has 2 aromatic carbocycles. The highest BCUT2D eigenvalue weighted by Gasteiger charge is 2.23. The molecule has 2 rings (SSSR count). The zero-order valence-electron chi connectivity index (χ0n) is 11.8. The fourth-order valence-corrected chi connectivity index (χ4v) is 2.48. The summed E-state index contributed by atoms with van der Waals surface area (Å²) in [5.41, 5.74) is 1.41. The maximum atomic E-state index is 12.4. The number of hydrogen-bond acceptors (Lipinski definition) is 2. The Hall–Kier alpha value is -1.71. The van der Waals surface area contributed by atoms with Crippen LogP contribution in [0.1, 0.15) is 11.6 Å². The highest BCUT2D eigenvalue weighted by molar-refractivity contribution is 6.39. The van der Waals surface area contributed by atoms with E-state index in [2.05, 4.69) is 5.32 Å². The van der Waals surface area contributed by atoms with E-state index in [-0.39, 0.29) is 5.91 Å². The molecule has 1 N–H and O–H groups in total. The van der Waals surface area contributed by atoms with E-state index in [1.54, 1.807) is 32.3 Å². The molecule has 0 bridgehead atoms. The summed E-state index contributed by atoms with van der Waals surface area (Å²) < 4.78 is 0. The normalized spacial score (nSPS) is 11.8. The molecular formula is C16H16Cl2N2O. The predicted molar refractivity (Wildman–Crippen MR) is 88.0 cm³/mol. The Labute approximate surface area is 134 Å². The summed E-state index contributed by atoms with van der Waals surface area (Å²) in [7, 11) is 3.43. The molecule has 110 valence electrons. The first-order valence-corrected chi connectivity index (χ1v) is 7.23. The first-order chi connectivity index (χ1) is 10.0. The minimum atomic E-state index is -0.543. The number of hydrogen-bond donors (Lipinski definition) is 1. The molecule has 0 heterocycles. The van der Waals surface area contributed by atoms with Gasteiger partial charge in [0.1, 0.15) is 6.04 Å². The third kappa shape index (κ3) is 3.69. The van der Waals surface area contributed by atoms with Crippen molar-refractivity contribution >= 4 is 34.8 Å². The van der Waals surface area contributed by atoms with Crippen LogP contribution >= 0.6 is 23.2 Å². The van der Waals surface area contributed by atoms with Gasteiger partial charge in [0.15, 0.2) is 0 Å². The first-order valence-electron chi connectivity index (χ1n) is 6.47. The van der Waals surface area contributed by atoms with E-state index in [9.17, 15) is 4.79 Å². The zero-order valence-corrected chi connectivity index (χ0v) is 13.3. The van der Waals surface area contributed by atoms with Gasteiger partial charge in [-0.15, -0.1) is 0 Å². The van der Waals surface area contributed by atoms with Gasteiger partial charge in [-0.2, -0.15) is 0 Å². The highest BCUT2D eigenvalue weighted by atomic mass is 35.5. The fraction of sp³-hybridized carbons (Fsp3) is 0.188. The number of carbonyl (C=O) groups excluding carboxylic acids is 1. The van der Waals surface area contributed by atoms with E-state index in [0.717, 1.165) is 5.56 Å². The second-order valence-electron chi connectivity index (χ2n) is 4.82. The van der Waals surface area contributed by atoms with Crippen LogP contribution in [-0.4, -0.2) is 24.9 Å². The molecule has 0 saturated carbocycles. The van der Waals surface area contributed by atoms with Crippen LogP contribution in [0.4, 0.5) is 5.69 Å². The number of rotatable bonds is 4. The molecule has 5 heteroatoms. The van der Waals surface area contributed by atoms with Gasteiger partial charge >= 0.3 is 0 Å². The van der Waals surface area contributed by atoms with Crippen molar-refractivity contribution in [1.29, 1.82) is 0 Å². The van der Waals surface area contributed by atoms with Gasteiger partial charge in [0.25, 0.3) is 0 Å². The molecule has 0 fully saturated rings. The van der Waals surface area contributed by atoms with Crippen LogP contribution in [-0.2, 0) is 4.79 Å². The van der Waals surface area contributed by atoms with Crippen molar-refractivity contribution in [3.8, 4) is 0 Å². The molecular weight excluding hydrogens is 307 g/mol. The van der Waals surface area contributed by atoms with E-state index in [0.29, 0.717) is 15.7 Å². The van der Waals surface area contributed by atoms with Crippen molar-refractivity contribution in [2.24, 2.45) is 0 Å². The largest absolute Gasteiger partial charge is 0.368 e. The van der Waals surface area contributed by atoms with E-state index in [4.69, 9.17) is 23.2 Å². The maximum absolute atomic E-state index is 12.4. The first kappa shape index (κ1) is 15.7. The van der Waals surface area contributed by atoms with Gasteiger partial charge in [0.05, 0.1) is 15.7 Å². The second kappa shape index (κ2) is 6.83. The van der Waals surface area contributed by atoms with Gasteiger partial charge in [-0.05, 0) is 17.7 Å². The second-order valence-corrected chi connectivity index (χ2v) is 5.63. The molecule has 0 unspecified atom stereocenters. The van der Waals surface area contributed by atoms with Crippen LogP contribution < -0.4 is 5.32 Å². The molecule has 0 radical (unpaired) electrons. The third-order valence-electron chi connectivity index (χ3n) is 3.07. The molecule has 0 aliphatic heterocycles. The summed E-state index contributed by atoms with van der Waals surface area (Å²) in [4.78, 5) is 14.0. The van der Waals surface area contributed by atoms with Gasteiger partial charge in [-0.25, -0.2) is 0 Å². The van der Waals surface area contributed by atoms with Crippen molar-refractivity contribution in [1.82, 2.24) is 4.90 Å². The van der Waals surface area contributed by atoms with Crippen LogP contribution in [0, 0.1) is 0 Å². The van der Waals surface area contributed by atoms with Crippen molar-refractivity contribution < 1.29 is 4.79 Å². The van der Waals surface area contributed by atoms with Crippen molar-refractivity contribution in [2.75, 3.05) is 19.4 Å². The van der Waals surface area contributed by atoms with Crippen LogP contribution in [0.15, 0.2) is 48.5 Å². The third-order valence-corrected chi connectivity index (χ3v) is 3.70. The smallest absolute Gasteiger partial charge is 0.249 e.